The maximum Gasteiger partial charge on any atom is 0.315 e. The van der Waals surface area contributed by atoms with Crippen LogP contribution in [0.3, 0.4) is 0 Å². The summed E-state index contributed by atoms with van der Waals surface area (Å²) in [7, 11) is 1.68. The summed E-state index contributed by atoms with van der Waals surface area (Å²) >= 11 is 1.71. The fraction of sp³-hybridized carbons (Fsp3) is 0.367. The number of benzene rings is 3. The van der Waals surface area contributed by atoms with Crippen molar-refractivity contribution in [1.82, 2.24) is 10.6 Å². The van der Waals surface area contributed by atoms with E-state index < -0.39 is 6.29 Å². The Labute approximate surface area is 228 Å². The predicted octanol–water partition coefficient (Wildman–Crippen LogP) is 5.59. The van der Waals surface area contributed by atoms with Gasteiger partial charge in [0.25, 0.3) is 0 Å². The van der Waals surface area contributed by atoms with Gasteiger partial charge in [-0.05, 0) is 35.7 Å². The number of carbonyl (C=O) groups excluding carboxylic acids is 1. The Kier molecular flexibility index (Phi) is 10.1. The topological polar surface area (TPSA) is 89.1 Å². The highest BCUT2D eigenvalue weighted by Crippen LogP contribution is 2.43. The van der Waals surface area contributed by atoms with Gasteiger partial charge in [-0.1, -0.05) is 67.6 Å². The summed E-state index contributed by atoms with van der Waals surface area (Å²) in [4.78, 5) is 12.8. The van der Waals surface area contributed by atoms with Crippen LogP contribution >= 0.6 is 11.8 Å². The van der Waals surface area contributed by atoms with Crippen molar-refractivity contribution < 1.29 is 24.1 Å². The van der Waals surface area contributed by atoms with E-state index in [1.54, 1.807) is 18.9 Å². The van der Waals surface area contributed by atoms with Gasteiger partial charge in [-0.15, -0.1) is 11.8 Å². The van der Waals surface area contributed by atoms with Crippen LogP contribution in [-0.2, 0) is 22.6 Å². The number of hydrogen-bond acceptors (Lipinski definition) is 6. The van der Waals surface area contributed by atoms with Crippen molar-refractivity contribution in [2.24, 2.45) is 5.92 Å². The second kappa shape index (κ2) is 13.7. The van der Waals surface area contributed by atoms with Crippen LogP contribution in [0, 0.1) is 5.92 Å². The second-order valence-electron chi connectivity index (χ2n) is 9.24. The lowest BCUT2D eigenvalue weighted by molar-refractivity contribution is -0.268. The van der Waals surface area contributed by atoms with E-state index in [2.05, 4.69) is 23.6 Å². The van der Waals surface area contributed by atoms with Crippen LogP contribution in [0.4, 0.5) is 4.79 Å². The molecule has 3 N–H and O–H groups in total. The summed E-state index contributed by atoms with van der Waals surface area (Å²) in [6, 6.07) is 23.7. The average molecular weight is 537 g/mol. The van der Waals surface area contributed by atoms with Gasteiger partial charge >= 0.3 is 6.03 Å². The molecule has 4 atom stereocenters. The number of nitrogens with one attached hydrogen (secondary N) is 2. The zero-order chi connectivity index (χ0) is 26.9. The number of amides is 2. The molecule has 1 aliphatic rings. The normalized spacial score (nSPS) is 21.1. The van der Waals surface area contributed by atoms with Crippen LogP contribution in [0.25, 0.3) is 0 Å². The highest BCUT2D eigenvalue weighted by atomic mass is 32.2. The first-order valence-corrected chi connectivity index (χ1v) is 13.9. The zero-order valence-corrected chi connectivity index (χ0v) is 22.9. The Morgan fingerprint density at radius 1 is 0.947 bits per heavy atom. The van der Waals surface area contributed by atoms with Crippen LogP contribution in [0.15, 0.2) is 77.7 Å². The SMILES string of the molecule is CCNC(=O)NCc1ccc(C2OC(CSc3ccccc3OC)C(C)C(c3ccc(CO)cc3)O2)cc1. The number of urea groups is 1. The minimum Gasteiger partial charge on any atom is -0.496 e. The number of aliphatic hydroxyl groups excluding tert-OH is 1. The highest BCUT2D eigenvalue weighted by Gasteiger charge is 2.38. The molecule has 1 fully saturated rings. The maximum atomic E-state index is 11.7. The fourth-order valence-electron chi connectivity index (χ4n) is 4.42. The molecule has 202 valence electrons. The molecule has 2 amide bonds. The van der Waals surface area contributed by atoms with E-state index in [1.807, 2.05) is 73.7 Å². The Morgan fingerprint density at radius 3 is 2.32 bits per heavy atom. The molecule has 7 nitrogen and oxygen atoms in total. The first kappa shape index (κ1) is 28.0. The van der Waals surface area contributed by atoms with Gasteiger partial charge in [-0.25, -0.2) is 4.79 Å². The minimum atomic E-state index is -0.539. The van der Waals surface area contributed by atoms with Gasteiger partial charge in [0.2, 0.25) is 0 Å². The molecule has 0 saturated carbocycles. The highest BCUT2D eigenvalue weighted by molar-refractivity contribution is 7.99. The van der Waals surface area contributed by atoms with E-state index in [4.69, 9.17) is 14.2 Å². The number of rotatable bonds is 10. The molecule has 1 saturated heterocycles. The average Bonchev–Trinajstić information content (AvgIpc) is 2.96. The molecule has 8 heteroatoms. The van der Waals surface area contributed by atoms with E-state index >= 15 is 0 Å². The molecule has 3 aromatic rings. The van der Waals surface area contributed by atoms with Crippen molar-refractivity contribution in [3.05, 3.63) is 95.1 Å². The van der Waals surface area contributed by atoms with Crippen molar-refractivity contribution >= 4 is 17.8 Å². The number of ether oxygens (including phenoxy) is 3. The Balaban J connectivity index is 1.52. The number of methoxy groups -OCH3 is 1. The van der Waals surface area contributed by atoms with Crippen molar-refractivity contribution in [3.8, 4) is 5.75 Å². The Hall–Kier alpha value is -3.04. The van der Waals surface area contributed by atoms with Gasteiger partial charge in [0.15, 0.2) is 6.29 Å². The third-order valence-corrected chi connectivity index (χ3v) is 7.78. The van der Waals surface area contributed by atoms with Crippen molar-refractivity contribution in [2.45, 2.75) is 50.4 Å². The van der Waals surface area contributed by atoms with E-state index in [0.29, 0.717) is 13.1 Å². The van der Waals surface area contributed by atoms with Gasteiger partial charge in [-0.3, -0.25) is 0 Å². The van der Waals surface area contributed by atoms with Crippen LogP contribution in [0.5, 0.6) is 5.75 Å². The van der Waals surface area contributed by atoms with Crippen molar-refractivity contribution in [2.75, 3.05) is 19.4 Å². The lowest BCUT2D eigenvalue weighted by atomic mass is 9.91. The summed E-state index contributed by atoms with van der Waals surface area (Å²) in [6.07, 6.45) is -0.795. The summed E-state index contributed by atoms with van der Waals surface area (Å²) in [5.74, 6) is 1.68. The number of aliphatic hydroxyl groups is 1. The monoisotopic (exact) mass is 536 g/mol. The number of para-hydroxylation sites is 1. The van der Waals surface area contributed by atoms with Gasteiger partial charge in [0.1, 0.15) is 5.75 Å². The Morgan fingerprint density at radius 2 is 1.63 bits per heavy atom. The molecule has 1 heterocycles. The van der Waals surface area contributed by atoms with Crippen LogP contribution in [-0.4, -0.2) is 36.6 Å². The molecular weight excluding hydrogens is 500 g/mol. The zero-order valence-electron chi connectivity index (χ0n) is 22.1. The lowest BCUT2D eigenvalue weighted by Crippen LogP contribution is -2.38. The first-order chi connectivity index (χ1) is 18.5. The molecule has 0 aromatic heterocycles. The largest absolute Gasteiger partial charge is 0.496 e. The van der Waals surface area contributed by atoms with Gasteiger partial charge in [-0.2, -0.15) is 0 Å². The standard InChI is InChI=1S/C30H36N2O5S/c1-4-31-30(34)32-17-21-9-15-24(16-10-21)29-36-26(19-38-27-8-6-5-7-25(27)35-3)20(2)28(37-29)23-13-11-22(18-33)12-14-23/h5-16,20,26,28-29,33H,4,17-19H2,1-3H3,(H2,31,32,34). The molecular formula is C30H36N2O5S. The molecule has 0 spiro atoms. The van der Waals surface area contributed by atoms with Gasteiger partial charge < -0.3 is 30.0 Å². The fourth-order valence-corrected chi connectivity index (χ4v) is 5.61. The Bertz CT molecular complexity index is 1170. The summed E-state index contributed by atoms with van der Waals surface area (Å²) in [5.41, 5.74) is 3.83. The molecule has 38 heavy (non-hydrogen) atoms. The third kappa shape index (κ3) is 7.08. The molecule has 0 aliphatic carbocycles. The number of thioether (sulfide) groups is 1. The predicted molar refractivity (Wildman–Crippen MR) is 149 cm³/mol. The van der Waals surface area contributed by atoms with Gasteiger partial charge in [0, 0.05) is 35.2 Å². The molecule has 3 aromatic carbocycles. The molecule has 1 aliphatic heterocycles. The van der Waals surface area contributed by atoms with E-state index in [9.17, 15) is 9.90 Å². The lowest BCUT2D eigenvalue weighted by Gasteiger charge is -2.41. The minimum absolute atomic E-state index is 0.00652. The summed E-state index contributed by atoms with van der Waals surface area (Å²) in [5, 5.41) is 15.1. The van der Waals surface area contributed by atoms with Crippen LogP contribution < -0.4 is 15.4 Å². The van der Waals surface area contributed by atoms with Gasteiger partial charge in [0.05, 0.1) is 25.9 Å². The maximum absolute atomic E-state index is 11.7. The van der Waals surface area contributed by atoms with E-state index in [0.717, 1.165) is 38.7 Å². The van der Waals surface area contributed by atoms with E-state index in [1.165, 1.54) is 0 Å². The number of hydrogen-bond donors (Lipinski definition) is 3. The smallest absolute Gasteiger partial charge is 0.315 e. The van der Waals surface area contributed by atoms with E-state index in [-0.39, 0.29) is 30.8 Å². The van der Waals surface area contributed by atoms with Crippen molar-refractivity contribution in [1.29, 1.82) is 0 Å². The molecule has 0 bridgehead atoms. The van der Waals surface area contributed by atoms with Crippen LogP contribution in [0.2, 0.25) is 0 Å². The first-order valence-electron chi connectivity index (χ1n) is 12.9. The quantitative estimate of drug-likeness (QED) is 0.293. The summed E-state index contributed by atoms with van der Waals surface area (Å²) < 4.78 is 18.6. The molecule has 4 rings (SSSR count). The van der Waals surface area contributed by atoms with Crippen LogP contribution in [0.1, 0.15) is 48.5 Å². The second-order valence-corrected chi connectivity index (χ2v) is 10.3. The van der Waals surface area contributed by atoms with Crippen molar-refractivity contribution in [3.63, 3.8) is 0 Å². The summed E-state index contributed by atoms with van der Waals surface area (Å²) in [6.45, 7) is 5.07. The molecule has 4 unspecified atom stereocenters. The molecule has 0 radical (unpaired) electrons. The third-order valence-electron chi connectivity index (χ3n) is 6.64. The number of carbonyl (C=O) groups is 1.